The van der Waals surface area contributed by atoms with Crippen LogP contribution < -0.4 is 5.73 Å². The fourth-order valence-corrected chi connectivity index (χ4v) is 2.66. The van der Waals surface area contributed by atoms with Crippen LogP contribution in [0.25, 0.3) is 5.69 Å². The number of nitrogens with two attached hydrogens (primary N) is 1. The van der Waals surface area contributed by atoms with E-state index in [9.17, 15) is 0 Å². The Kier molecular flexibility index (Phi) is 2.43. The molecule has 0 aliphatic heterocycles. The zero-order valence-electron chi connectivity index (χ0n) is 9.52. The number of rotatable bonds is 2. The lowest BCUT2D eigenvalue weighted by Crippen LogP contribution is -2.03. The van der Waals surface area contributed by atoms with E-state index in [2.05, 4.69) is 45.3 Å². The third-order valence-electron chi connectivity index (χ3n) is 3.03. The Hall–Kier alpha value is -1.36. The lowest BCUT2D eigenvalue weighted by molar-refractivity contribution is 0.761. The number of aryl methyl sites for hydroxylation is 1. The van der Waals surface area contributed by atoms with Gasteiger partial charge in [0.1, 0.15) is 0 Å². The molecule has 0 unspecified atom stereocenters. The maximum absolute atomic E-state index is 5.89. The van der Waals surface area contributed by atoms with Gasteiger partial charge >= 0.3 is 0 Å². The van der Waals surface area contributed by atoms with Crippen molar-refractivity contribution in [3.63, 3.8) is 0 Å². The average Bonchev–Trinajstić information content (AvgIpc) is 3.03. The first-order valence-corrected chi connectivity index (χ1v) is 6.43. The second-order valence-electron chi connectivity index (χ2n) is 4.50. The maximum atomic E-state index is 5.89. The number of hydrogen-bond acceptors (Lipinski definition) is 3. The van der Waals surface area contributed by atoms with E-state index in [1.165, 1.54) is 18.4 Å². The molecule has 1 aromatic carbocycles. The van der Waals surface area contributed by atoms with Crippen molar-refractivity contribution in [2.75, 3.05) is 5.73 Å². The molecule has 0 spiro atoms. The molecular formula is C12H13BrN4. The summed E-state index contributed by atoms with van der Waals surface area (Å²) in [7, 11) is 0. The highest BCUT2D eigenvalue weighted by Crippen LogP contribution is 2.43. The van der Waals surface area contributed by atoms with Crippen molar-refractivity contribution in [3.8, 4) is 5.69 Å². The van der Waals surface area contributed by atoms with Crippen LogP contribution in [-0.4, -0.2) is 15.0 Å². The summed E-state index contributed by atoms with van der Waals surface area (Å²) in [6, 6.07) is 6.18. The summed E-state index contributed by atoms with van der Waals surface area (Å²) in [6.07, 6.45) is 2.36. The molecule has 1 heterocycles. The van der Waals surface area contributed by atoms with Gasteiger partial charge in [-0.05, 0) is 53.4 Å². The van der Waals surface area contributed by atoms with Crippen LogP contribution in [0.3, 0.4) is 0 Å². The molecule has 0 atom stereocenters. The van der Waals surface area contributed by atoms with Crippen molar-refractivity contribution < 1.29 is 0 Å². The minimum Gasteiger partial charge on any atom is -0.381 e. The lowest BCUT2D eigenvalue weighted by Gasteiger charge is -2.08. The Balaban J connectivity index is 2.14. The van der Waals surface area contributed by atoms with E-state index in [-0.39, 0.29) is 0 Å². The summed E-state index contributed by atoms with van der Waals surface area (Å²) in [5.41, 5.74) is 9.15. The summed E-state index contributed by atoms with van der Waals surface area (Å²) >= 11 is 3.57. The molecule has 0 saturated heterocycles. The van der Waals surface area contributed by atoms with Crippen molar-refractivity contribution in [3.05, 3.63) is 33.9 Å². The van der Waals surface area contributed by atoms with Crippen LogP contribution in [0.15, 0.2) is 22.7 Å². The molecule has 0 bridgehead atoms. The monoisotopic (exact) mass is 292 g/mol. The molecular weight excluding hydrogens is 280 g/mol. The van der Waals surface area contributed by atoms with Crippen LogP contribution in [-0.2, 0) is 0 Å². The van der Waals surface area contributed by atoms with E-state index in [1.807, 2.05) is 10.7 Å². The lowest BCUT2D eigenvalue weighted by atomic mass is 10.2. The van der Waals surface area contributed by atoms with Crippen molar-refractivity contribution >= 4 is 21.7 Å². The molecule has 17 heavy (non-hydrogen) atoms. The van der Waals surface area contributed by atoms with E-state index in [0.29, 0.717) is 11.7 Å². The van der Waals surface area contributed by atoms with Gasteiger partial charge in [0.25, 0.3) is 0 Å². The van der Waals surface area contributed by atoms with Gasteiger partial charge in [0.15, 0.2) is 5.82 Å². The van der Waals surface area contributed by atoms with E-state index in [0.717, 1.165) is 15.9 Å². The zero-order chi connectivity index (χ0) is 12.0. The Morgan fingerprint density at radius 2 is 2.18 bits per heavy atom. The van der Waals surface area contributed by atoms with Crippen LogP contribution in [0.1, 0.15) is 30.0 Å². The van der Waals surface area contributed by atoms with Gasteiger partial charge in [-0.2, -0.15) is 0 Å². The summed E-state index contributed by atoms with van der Waals surface area (Å²) in [4.78, 5) is 0. The van der Waals surface area contributed by atoms with Crippen LogP contribution in [0.5, 0.6) is 0 Å². The normalized spacial score (nSPS) is 15.2. The SMILES string of the molecule is Cc1ccc(-n2nnc(N)c2C2CC2)c(Br)c1. The molecule has 0 radical (unpaired) electrons. The number of hydrogen-bond donors (Lipinski definition) is 1. The summed E-state index contributed by atoms with van der Waals surface area (Å²) in [5, 5.41) is 8.14. The minimum atomic E-state index is 0.526. The molecule has 3 rings (SSSR count). The molecule has 4 nitrogen and oxygen atoms in total. The number of nitrogens with zero attached hydrogens (tertiary/aromatic N) is 3. The van der Waals surface area contributed by atoms with E-state index >= 15 is 0 Å². The van der Waals surface area contributed by atoms with Gasteiger partial charge in [-0.3, -0.25) is 0 Å². The molecule has 2 N–H and O–H groups in total. The molecule has 2 aromatic rings. The van der Waals surface area contributed by atoms with Gasteiger partial charge in [0.2, 0.25) is 0 Å². The highest BCUT2D eigenvalue weighted by atomic mass is 79.9. The topological polar surface area (TPSA) is 56.7 Å². The third-order valence-corrected chi connectivity index (χ3v) is 3.66. The zero-order valence-corrected chi connectivity index (χ0v) is 11.1. The predicted octanol–water partition coefficient (Wildman–Crippen LogP) is 2.80. The third kappa shape index (κ3) is 1.84. The number of benzene rings is 1. The summed E-state index contributed by atoms with van der Waals surface area (Å²) in [5.74, 6) is 1.08. The molecule has 1 aliphatic rings. The van der Waals surface area contributed by atoms with Crippen molar-refractivity contribution in [1.82, 2.24) is 15.0 Å². The highest BCUT2D eigenvalue weighted by molar-refractivity contribution is 9.10. The number of halogens is 1. The molecule has 0 amide bonds. The Bertz CT molecular complexity index is 572. The van der Waals surface area contributed by atoms with Crippen LogP contribution in [0, 0.1) is 6.92 Å². The molecule has 1 saturated carbocycles. The van der Waals surface area contributed by atoms with Crippen molar-refractivity contribution in [1.29, 1.82) is 0 Å². The Morgan fingerprint density at radius 1 is 1.41 bits per heavy atom. The standard InChI is InChI=1S/C12H13BrN4/c1-7-2-5-10(9(13)6-7)17-11(8-3-4-8)12(14)15-16-17/h2,5-6,8H,3-4,14H2,1H3. The maximum Gasteiger partial charge on any atom is 0.169 e. The first kappa shape index (κ1) is 10.8. The minimum absolute atomic E-state index is 0.526. The van der Waals surface area contributed by atoms with Crippen LogP contribution in [0.4, 0.5) is 5.82 Å². The van der Waals surface area contributed by atoms with Gasteiger partial charge in [-0.15, -0.1) is 5.10 Å². The highest BCUT2D eigenvalue weighted by Gasteiger charge is 2.31. The van der Waals surface area contributed by atoms with Gasteiger partial charge in [-0.25, -0.2) is 4.68 Å². The van der Waals surface area contributed by atoms with E-state index < -0.39 is 0 Å². The fraction of sp³-hybridized carbons (Fsp3) is 0.333. The average molecular weight is 293 g/mol. The van der Waals surface area contributed by atoms with Crippen molar-refractivity contribution in [2.24, 2.45) is 0 Å². The van der Waals surface area contributed by atoms with Crippen LogP contribution in [0.2, 0.25) is 0 Å². The first-order chi connectivity index (χ1) is 8.16. The summed E-state index contributed by atoms with van der Waals surface area (Å²) < 4.78 is 2.88. The molecule has 1 aromatic heterocycles. The van der Waals surface area contributed by atoms with Gasteiger partial charge in [-0.1, -0.05) is 11.3 Å². The summed E-state index contributed by atoms with van der Waals surface area (Å²) in [6.45, 7) is 2.06. The molecule has 88 valence electrons. The molecule has 5 heteroatoms. The predicted molar refractivity (Wildman–Crippen MR) is 70.2 cm³/mol. The largest absolute Gasteiger partial charge is 0.381 e. The molecule has 1 aliphatic carbocycles. The Morgan fingerprint density at radius 3 is 2.82 bits per heavy atom. The van der Waals surface area contributed by atoms with Gasteiger partial charge in [0.05, 0.1) is 11.4 Å². The smallest absolute Gasteiger partial charge is 0.169 e. The number of anilines is 1. The fourth-order valence-electron chi connectivity index (χ4n) is 2.00. The first-order valence-electron chi connectivity index (χ1n) is 5.64. The molecule has 1 fully saturated rings. The van der Waals surface area contributed by atoms with Crippen LogP contribution >= 0.6 is 15.9 Å². The van der Waals surface area contributed by atoms with E-state index in [4.69, 9.17) is 5.73 Å². The second-order valence-corrected chi connectivity index (χ2v) is 5.36. The van der Waals surface area contributed by atoms with Crippen molar-refractivity contribution in [2.45, 2.75) is 25.7 Å². The van der Waals surface area contributed by atoms with E-state index in [1.54, 1.807) is 0 Å². The number of nitrogen functional groups attached to an aromatic ring is 1. The Labute approximate surface area is 108 Å². The quantitative estimate of drug-likeness (QED) is 0.926. The number of aromatic nitrogens is 3. The second kappa shape index (κ2) is 3.84. The van der Waals surface area contributed by atoms with Gasteiger partial charge in [0, 0.05) is 10.4 Å². The van der Waals surface area contributed by atoms with Gasteiger partial charge < -0.3 is 5.73 Å².